The van der Waals surface area contributed by atoms with Crippen molar-refractivity contribution >= 4 is 5.91 Å². The smallest absolute Gasteiger partial charge is 0.240 e. The fourth-order valence-electron chi connectivity index (χ4n) is 2.16. The third-order valence-electron chi connectivity index (χ3n) is 3.01. The lowest BCUT2D eigenvalue weighted by Crippen LogP contribution is -2.55. The van der Waals surface area contributed by atoms with Crippen LogP contribution >= 0.6 is 0 Å². The second-order valence-electron chi connectivity index (χ2n) is 4.42. The van der Waals surface area contributed by atoms with Crippen molar-refractivity contribution in [2.75, 3.05) is 13.2 Å². The number of hydrogen-bond acceptors (Lipinski definition) is 3. The summed E-state index contributed by atoms with van der Waals surface area (Å²) in [5, 5.41) is 15.1. The average molecular weight is 214 g/mol. The van der Waals surface area contributed by atoms with Gasteiger partial charge in [-0.15, -0.1) is 0 Å². The van der Waals surface area contributed by atoms with Crippen molar-refractivity contribution in [1.29, 1.82) is 0 Å². The summed E-state index contributed by atoms with van der Waals surface area (Å²) in [5.41, 5.74) is -0.377. The Morgan fingerprint density at radius 1 is 1.67 bits per heavy atom. The highest BCUT2D eigenvalue weighted by molar-refractivity contribution is 5.86. The second-order valence-corrected chi connectivity index (χ2v) is 4.42. The van der Waals surface area contributed by atoms with Gasteiger partial charge in [0.05, 0.1) is 12.1 Å². The highest BCUT2D eigenvalue weighted by Gasteiger charge is 2.40. The van der Waals surface area contributed by atoms with Crippen molar-refractivity contribution in [3.05, 3.63) is 0 Å². The number of carbonyl (C=O) groups excluding carboxylic acids is 1. The largest absolute Gasteiger partial charge is 0.394 e. The number of aliphatic hydroxyl groups is 1. The van der Waals surface area contributed by atoms with Gasteiger partial charge in [0, 0.05) is 6.04 Å². The molecule has 3 N–H and O–H groups in total. The zero-order valence-corrected chi connectivity index (χ0v) is 9.68. The van der Waals surface area contributed by atoms with Crippen LogP contribution in [0, 0.1) is 0 Å². The molecular formula is C11H22N2O2. The maximum absolute atomic E-state index is 12.0. The summed E-state index contributed by atoms with van der Waals surface area (Å²) >= 11 is 0. The van der Waals surface area contributed by atoms with Crippen LogP contribution in [0.5, 0.6) is 0 Å². The molecule has 1 saturated heterocycles. The first-order chi connectivity index (χ1) is 7.14. The lowest BCUT2D eigenvalue weighted by Gasteiger charge is -2.29. The van der Waals surface area contributed by atoms with Crippen molar-refractivity contribution in [3.63, 3.8) is 0 Å². The van der Waals surface area contributed by atoms with E-state index in [4.69, 9.17) is 5.11 Å². The molecule has 1 heterocycles. The molecule has 88 valence electrons. The molecule has 1 aliphatic rings. The number of hydrogen-bond donors (Lipinski definition) is 3. The van der Waals surface area contributed by atoms with Crippen LogP contribution in [0.1, 0.15) is 39.5 Å². The Kier molecular flexibility index (Phi) is 4.54. The average Bonchev–Trinajstić information content (AvgIpc) is 2.68. The summed E-state index contributed by atoms with van der Waals surface area (Å²) in [4.78, 5) is 12.0. The maximum atomic E-state index is 12.0. The SMILES string of the molecule is CCCC1(C(=O)N[C@@H](C)CO)CCCN1. The van der Waals surface area contributed by atoms with Crippen LogP contribution < -0.4 is 10.6 Å². The zero-order valence-electron chi connectivity index (χ0n) is 9.68. The Labute approximate surface area is 91.4 Å². The summed E-state index contributed by atoms with van der Waals surface area (Å²) in [6, 6.07) is -0.159. The van der Waals surface area contributed by atoms with E-state index in [1.807, 2.05) is 6.92 Å². The summed E-state index contributed by atoms with van der Waals surface area (Å²) in [5.74, 6) is 0.0448. The van der Waals surface area contributed by atoms with Gasteiger partial charge in [-0.3, -0.25) is 4.79 Å². The molecule has 1 aliphatic heterocycles. The third-order valence-corrected chi connectivity index (χ3v) is 3.01. The first-order valence-corrected chi connectivity index (χ1v) is 5.81. The molecule has 4 nitrogen and oxygen atoms in total. The van der Waals surface area contributed by atoms with Gasteiger partial charge in [-0.2, -0.15) is 0 Å². The van der Waals surface area contributed by atoms with E-state index in [-0.39, 0.29) is 24.1 Å². The van der Waals surface area contributed by atoms with E-state index >= 15 is 0 Å². The van der Waals surface area contributed by atoms with E-state index in [1.165, 1.54) is 0 Å². The van der Waals surface area contributed by atoms with Gasteiger partial charge >= 0.3 is 0 Å². The topological polar surface area (TPSA) is 61.4 Å². The Balaban J connectivity index is 2.59. The maximum Gasteiger partial charge on any atom is 0.240 e. The van der Waals surface area contributed by atoms with Gasteiger partial charge in [0.15, 0.2) is 0 Å². The molecule has 0 saturated carbocycles. The normalized spacial score (nSPS) is 27.7. The van der Waals surface area contributed by atoms with E-state index in [2.05, 4.69) is 17.6 Å². The van der Waals surface area contributed by atoms with Gasteiger partial charge < -0.3 is 15.7 Å². The fourth-order valence-corrected chi connectivity index (χ4v) is 2.16. The van der Waals surface area contributed by atoms with Gasteiger partial charge in [-0.1, -0.05) is 13.3 Å². The van der Waals surface area contributed by atoms with E-state index in [1.54, 1.807) is 0 Å². The van der Waals surface area contributed by atoms with Gasteiger partial charge in [0.1, 0.15) is 0 Å². The predicted octanol–water partition coefficient (Wildman–Crippen LogP) is 0.406. The molecular weight excluding hydrogens is 192 g/mol. The molecule has 0 bridgehead atoms. The van der Waals surface area contributed by atoms with Crippen LogP contribution in [0.4, 0.5) is 0 Å². The van der Waals surface area contributed by atoms with E-state index in [0.29, 0.717) is 0 Å². The molecule has 0 aromatic heterocycles. The van der Waals surface area contributed by atoms with Crippen LogP contribution in [-0.2, 0) is 4.79 Å². The minimum Gasteiger partial charge on any atom is -0.394 e. The standard InChI is InChI=1S/C11H22N2O2/c1-3-5-11(6-4-7-12-11)10(15)13-9(2)8-14/h9,12,14H,3-8H2,1-2H3,(H,13,15)/t9-,11?/m0/s1. The van der Waals surface area contributed by atoms with Gasteiger partial charge in [-0.25, -0.2) is 0 Å². The number of carbonyl (C=O) groups is 1. The van der Waals surface area contributed by atoms with Crippen molar-refractivity contribution in [2.24, 2.45) is 0 Å². The minimum atomic E-state index is -0.377. The lowest BCUT2D eigenvalue weighted by molar-refractivity contribution is -0.128. The lowest BCUT2D eigenvalue weighted by atomic mass is 9.90. The minimum absolute atomic E-state index is 0.00601. The summed E-state index contributed by atoms with van der Waals surface area (Å²) < 4.78 is 0. The van der Waals surface area contributed by atoms with E-state index in [9.17, 15) is 4.79 Å². The van der Waals surface area contributed by atoms with Crippen LogP contribution in [0.15, 0.2) is 0 Å². The summed E-state index contributed by atoms with van der Waals surface area (Å²) in [6.07, 6.45) is 3.83. The molecule has 1 amide bonds. The zero-order chi connectivity index (χ0) is 11.3. The number of nitrogens with one attached hydrogen (secondary N) is 2. The van der Waals surface area contributed by atoms with Gasteiger partial charge in [0.25, 0.3) is 0 Å². The Morgan fingerprint density at radius 2 is 2.40 bits per heavy atom. The quantitative estimate of drug-likeness (QED) is 0.621. The Bertz CT molecular complexity index is 213. The van der Waals surface area contributed by atoms with Crippen LogP contribution in [0.2, 0.25) is 0 Å². The molecule has 0 aromatic carbocycles. The van der Waals surface area contributed by atoms with Gasteiger partial charge in [-0.05, 0) is 32.7 Å². The van der Waals surface area contributed by atoms with E-state index < -0.39 is 0 Å². The molecule has 2 atom stereocenters. The summed E-state index contributed by atoms with van der Waals surface area (Å²) in [6.45, 7) is 4.81. The first kappa shape index (κ1) is 12.5. The van der Waals surface area contributed by atoms with E-state index in [0.717, 1.165) is 32.2 Å². The van der Waals surface area contributed by atoms with Crippen molar-refractivity contribution in [3.8, 4) is 0 Å². The Morgan fingerprint density at radius 3 is 2.87 bits per heavy atom. The van der Waals surface area contributed by atoms with Crippen LogP contribution in [0.3, 0.4) is 0 Å². The fraction of sp³-hybridized carbons (Fsp3) is 0.909. The molecule has 0 spiro atoms. The van der Waals surface area contributed by atoms with Gasteiger partial charge in [0.2, 0.25) is 5.91 Å². The monoisotopic (exact) mass is 214 g/mol. The molecule has 0 radical (unpaired) electrons. The Hall–Kier alpha value is -0.610. The third kappa shape index (κ3) is 2.92. The second kappa shape index (κ2) is 5.47. The summed E-state index contributed by atoms with van der Waals surface area (Å²) in [7, 11) is 0. The number of aliphatic hydroxyl groups excluding tert-OH is 1. The molecule has 15 heavy (non-hydrogen) atoms. The van der Waals surface area contributed by atoms with Crippen molar-refractivity contribution in [2.45, 2.75) is 51.1 Å². The van der Waals surface area contributed by atoms with Crippen molar-refractivity contribution in [1.82, 2.24) is 10.6 Å². The van der Waals surface area contributed by atoms with Crippen LogP contribution in [0.25, 0.3) is 0 Å². The highest BCUT2D eigenvalue weighted by atomic mass is 16.3. The molecule has 0 aliphatic carbocycles. The molecule has 1 unspecified atom stereocenters. The number of amides is 1. The molecule has 1 rings (SSSR count). The highest BCUT2D eigenvalue weighted by Crippen LogP contribution is 2.24. The number of rotatable bonds is 5. The molecule has 4 heteroatoms. The van der Waals surface area contributed by atoms with Crippen molar-refractivity contribution < 1.29 is 9.90 Å². The molecule has 0 aromatic rings. The first-order valence-electron chi connectivity index (χ1n) is 5.81. The van der Waals surface area contributed by atoms with Crippen LogP contribution in [-0.4, -0.2) is 35.7 Å². The predicted molar refractivity (Wildman–Crippen MR) is 59.6 cm³/mol. The molecule has 1 fully saturated rings.